The van der Waals surface area contributed by atoms with Crippen LogP contribution in [0.15, 0.2) is 30.9 Å². The smallest absolute Gasteiger partial charge is 0.314 e. The Hall–Kier alpha value is -1.94. The molecule has 0 aliphatic heterocycles. The van der Waals surface area contributed by atoms with Gasteiger partial charge in [0.25, 0.3) is 0 Å². The second-order valence-electron chi connectivity index (χ2n) is 11.2. The molecule has 2 aliphatic rings. The van der Waals surface area contributed by atoms with Gasteiger partial charge in [-0.3, -0.25) is 9.59 Å². The first kappa shape index (κ1) is 31.3. The number of esters is 1. The Morgan fingerprint density at radius 3 is 2.16 bits per heavy atom. The molecule has 4 nitrogen and oxygen atoms in total. The lowest BCUT2D eigenvalue weighted by Crippen LogP contribution is -2.30. The number of carbonyl (C=O) groups is 2. The Morgan fingerprint density at radius 1 is 0.973 bits per heavy atom. The molecule has 2 aliphatic carbocycles. The number of ether oxygens (including phenoxy) is 2. The van der Waals surface area contributed by atoms with E-state index in [9.17, 15) is 4.79 Å². The van der Waals surface area contributed by atoms with Crippen molar-refractivity contribution in [3.8, 4) is 5.75 Å². The number of hydrogen-bond acceptors (Lipinski definition) is 4. The summed E-state index contributed by atoms with van der Waals surface area (Å²) in [7, 11) is 1.77. The van der Waals surface area contributed by atoms with E-state index in [1.807, 2.05) is 6.07 Å². The number of aryl methyl sites for hydroxylation is 2. The number of aldehydes is 1. The van der Waals surface area contributed by atoms with Crippen LogP contribution in [0.1, 0.15) is 108 Å². The highest BCUT2D eigenvalue weighted by Crippen LogP contribution is 2.42. The Balaban J connectivity index is 0.00000112. The van der Waals surface area contributed by atoms with E-state index in [0.717, 1.165) is 61.4 Å². The van der Waals surface area contributed by atoms with E-state index < -0.39 is 0 Å². The first-order chi connectivity index (χ1) is 18.0. The van der Waals surface area contributed by atoms with Crippen LogP contribution in [0.25, 0.3) is 0 Å². The average molecular weight is 513 g/mol. The molecule has 0 heterocycles. The summed E-state index contributed by atoms with van der Waals surface area (Å²) in [4.78, 5) is 21.9. The third-order valence-corrected chi connectivity index (χ3v) is 8.47. The second kappa shape index (κ2) is 18.3. The molecule has 208 valence electrons. The molecule has 0 bridgehead atoms. The summed E-state index contributed by atoms with van der Waals surface area (Å²) in [5, 5.41) is 0. The third kappa shape index (κ3) is 11.5. The molecule has 1 aromatic rings. The normalized spacial score (nSPS) is 23.4. The minimum atomic E-state index is -0.00547. The number of rotatable bonds is 13. The minimum absolute atomic E-state index is 0.00547. The van der Waals surface area contributed by atoms with Gasteiger partial charge in [0.05, 0.1) is 5.92 Å². The van der Waals surface area contributed by atoms with Crippen molar-refractivity contribution >= 4 is 12.3 Å². The molecule has 3 rings (SSSR count). The van der Waals surface area contributed by atoms with E-state index in [4.69, 9.17) is 14.3 Å². The van der Waals surface area contributed by atoms with Gasteiger partial charge in [0.15, 0.2) is 0 Å². The molecule has 1 aromatic carbocycles. The van der Waals surface area contributed by atoms with Gasteiger partial charge in [-0.05, 0) is 106 Å². The van der Waals surface area contributed by atoms with Gasteiger partial charge in [-0.2, -0.15) is 0 Å². The maximum absolute atomic E-state index is 12.9. The van der Waals surface area contributed by atoms with Gasteiger partial charge in [-0.15, -0.1) is 0 Å². The van der Waals surface area contributed by atoms with Gasteiger partial charge in [-0.1, -0.05) is 64.2 Å². The predicted octanol–water partition coefficient (Wildman–Crippen LogP) is 8.43. The minimum Gasteiger partial charge on any atom is -0.426 e. The third-order valence-electron chi connectivity index (χ3n) is 8.47. The molecule has 2 fully saturated rings. The van der Waals surface area contributed by atoms with E-state index in [1.165, 1.54) is 82.3 Å². The quantitative estimate of drug-likeness (QED) is 0.0875. The Bertz CT molecular complexity index is 780. The molecular weight excluding hydrogens is 460 g/mol. The van der Waals surface area contributed by atoms with Gasteiger partial charge in [0, 0.05) is 13.7 Å². The molecule has 0 amide bonds. The van der Waals surface area contributed by atoms with Crippen molar-refractivity contribution in [1.82, 2.24) is 0 Å². The maximum atomic E-state index is 12.9. The molecule has 0 radical (unpaired) electrons. The maximum Gasteiger partial charge on any atom is 0.314 e. The van der Waals surface area contributed by atoms with Crippen molar-refractivity contribution in [2.75, 3.05) is 13.7 Å². The Morgan fingerprint density at radius 2 is 1.59 bits per heavy atom. The summed E-state index contributed by atoms with van der Waals surface area (Å²) in [6.45, 7) is 8.35. The Kier molecular flexibility index (Phi) is 15.5. The molecule has 0 aromatic heterocycles. The van der Waals surface area contributed by atoms with Crippen molar-refractivity contribution in [2.24, 2.45) is 23.7 Å². The van der Waals surface area contributed by atoms with Crippen LogP contribution in [0.5, 0.6) is 5.75 Å². The van der Waals surface area contributed by atoms with Gasteiger partial charge < -0.3 is 9.47 Å². The summed E-state index contributed by atoms with van der Waals surface area (Å²) in [6, 6.07) is 6.34. The zero-order chi connectivity index (χ0) is 26.9. The second-order valence-corrected chi connectivity index (χ2v) is 11.2. The van der Waals surface area contributed by atoms with E-state index in [1.54, 1.807) is 7.11 Å². The number of methoxy groups -OCH3 is 1. The average Bonchev–Trinajstić information content (AvgIpc) is 2.93. The fraction of sp³-hybridized carbons (Fsp3) is 0.697. The fourth-order valence-corrected chi connectivity index (χ4v) is 6.29. The van der Waals surface area contributed by atoms with Crippen molar-refractivity contribution in [3.05, 3.63) is 42.0 Å². The summed E-state index contributed by atoms with van der Waals surface area (Å²) >= 11 is 0. The van der Waals surface area contributed by atoms with Crippen LogP contribution in [-0.4, -0.2) is 26.0 Å². The number of allylic oxidation sites excluding steroid dienone is 1. The number of carbonyl (C=O) groups excluding carboxylic acids is 2. The topological polar surface area (TPSA) is 52.6 Å². The molecule has 37 heavy (non-hydrogen) atoms. The van der Waals surface area contributed by atoms with Crippen LogP contribution >= 0.6 is 0 Å². The first-order valence-electron chi connectivity index (χ1n) is 14.9. The summed E-state index contributed by atoms with van der Waals surface area (Å²) in [5.41, 5.74) is 2.42. The molecule has 4 heteroatoms. The lowest BCUT2D eigenvalue weighted by atomic mass is 9.69. The van der Waals surface area contributed by atoms with Crippen LogP contribution in [0, 0.1) is 30.6 Å². The van der Waals surface area contributed by atoms with E-state index in [0.29, 0.717) is 6.29 Å². The lowest BCUT2D eigenvalue weighted by Gasteiger charge is -2.37. The molecular formula is C33H52O4. The predicted molar refractivity (Wildman–Crippen MR) is 153 cm³/mol. The van der Waals surface area contributed by atoms with Crippen molar-refractivity contribution in [3.63, 3.8) is 0 Å². The molecule has 0 saturated heterocycles. The summed E-state index contributed by atoms with van der Waals surface area (Å²) < 4.78 is 11.0. The highest BCUT2D eigenvalue weighted by Gasteiger charge is 2.33. The number of hydrogen-bond donors (Lipinski definition) is 0. The molecule has 0 atom stereocenters. The molecule has 0 spiro atoms. The zero-order valence-corrected chi connectivity index (χ0v) is 23.8. The zero-order valence-electron chi connectivity index (χ0n) is 23.8. The summed E-state index contributed by atoms with van der Waals surface area (Å²) in [6.07, 6.45) is 20.6. The first-order valence-corrected chi connectivity index (χ1v) is 14.9. The van der Waals surface area contributed by atoms with E-state index >= 15 is 0 Å². The lowest BCUT2D eigenvalue weighted by molar-refractivity contribution is -0.140. The standard InChI is InChI=1S/C30H48O3.C3H4O/c1-4-9-24-11-14-26(15-12-24)27-16-18-28(19-17-27)30(31)33-29-20-13-25(22-23(29)2)10-7-5-6-8-21-32-3;1-2-3-4/h13,20,22,24,26-28H,4-12,14-19,21H2,1-3H3;2-3H,1H2. The van der Waals surface area contributed by atoms with E-state index in [2.05, 4.69) is 32.6 Å². The van der Waals surface area contributed by atoms with Crippen molar-refractivity contribution in [2.45, 2.75) is 110 Å². The summed E-state index contributed by atoms with van der Waals surface area (Å²) in [5.74, 6) is 3.56. The van der Waals surface area contributed by atoms with Gasteiger partial charge >= 0.3 is 5.97 Å². The molecule has 2 saturated carbocycles. The monoisotopic (exact) mass is 512 g/mol. The SMILES string of the molecule is C=CC=O.CCCC1CCC(C2CCC(C(=O)Oc3ccc(CCCCCCOC)cc3C)CC2)CC1. The number of benzene rings is 1. The highest BCUT2D eigenvalue weighted by molar-refractivity contribution is 5.75. The van der Waals surface area contributed by atoms with Crippen LogP contribution in [-0.2, 0) is 20.7 Å². The molecule has 0 unspecified atom stereocenters. The van der Waals surface area contributed by atoms with Gasteiger partial charge in [0.2, 0.25) is 0 Å². The van der Waals surface area contributed by atoms with Crippen molar-refractivity contribution in [1.29, 1.82) is 0 Å². The largest absolute Gasteiger partial charge is 0.426 e. The highest BCUT2D eigenvalue weighted by atomic mass is 16.5. The van der Waals surface area contributed by atoms with Crippen LogP contribution < -0.4 is 4.74 Å². The van der Waals surface area contributed by atoms with Crippen LogP contribution in [0.2, 0.25) is 0 Å². The van der Waals surface area contributed by atoms with Crippen molar-refractivity contribution < 1.29 is 19.1 Å². The Labute approximate surface area is 226 Å². The fourth-order valence-electron chi connectivity index (χ4n) is 6.29. The van der Waals surface area contributed by atoms with Crippen LogP contribution in [0.3, 0.4) is 0 Å². The van der Waals surface area contributed by atoms with Gasteiger partial charge in [-0.25, -0.2) is 0 Å². The molecule has 0 N–H and O–H groups in total. The van der Waals surface area contributed by atoms with Crippen LogP contribution in [0.4, 0.5) is 0 Å². The van der Waals surface area contributed by atoms with Gasteiger partial charge in [0.1, 0.15) is 12.0 Å². The van der Waals surface area contributed by atoms with E-state index in [-0.39, 0.29) is 11.9 Å². The number of unbranched alkanes of at least 4 members (excludes halogenated alkanes) is 3.